The average Bonchev–Trinajstić information content (AvgIpc) is 3.50. The van der Waals surface area contributed by atoms with E-state index in [-0.39, 0.29) is 5.82 Å². The fourth-order valence-corrected chi connectivity index (χ4v) is 4.83. The van der Waals surface area contributed by atoms with Gasteiger partial charge in [-0.15, -0.1) is 10.2 Å². The summed E-state index contributed by atoms with van der Waals surface area (Å²) < 4.78 is 22.3. The second-order valence-electron chi connectivity index (χ2n) is 7.72. The highest BCUT2D eigenvalue weighted by atomic mass is 19.1. The van der Waals surface area contributed by atoms with E-state index >= 15 is 0 Å². The van der Waals surface area contributed by atoms with Gasteiger partial charge in [-0.25, -0.2) is 9.37 Å². The van der Waals surface area contributed by atoms with Crippen LogP contribution in [-0.2, 0) is 4.74 Å². The van der Waals surface area contributed by atoms with Crippen LogP contribution < -0.4 is 4.90 Å². The second kappa shape index (κ2) is 6.08. The topological polar surface area (TPSA) is 84.2 Å². The third-order valence-corrected chi connectivity index (χ3v) is 6.17. The molecule has 4 aromatic heterocycles. The molecule has 2 aromatic carbocycles. The van der Waals surface area contributed by atoms with Crippen molar-refractivity contribution in [2.75, 3.05) is 31.2 Å². The molecule has 8 nitrogen and oxygen atoms in total. The van der Waals surface area contributed by atoms with Crippen molar-refractivity contribution in [1.29, 1.82) is 0 Å². The molecule has 5 heterocycles. The zero-order chi connectivity index (χ0) is 20.5. The molecule has 31 heavy (non-hydrogen) atoms. The van der Waals surface area contributed by atoms with Crippen LogP contribution in [0.4, 0.5) is 10.1 Å². The Bertz CT molecular complexity index is 1580. The minimum Gasteiger partial charge on any atom is -0.378 e. The first-order valence-electron chi connectivity index (χ1n) is 10.1. The van der Waals surface area contributed by atoms with Gasteiger partial charge in [0.15, 0.2) is 5.82 Å². The maximum Gasteiger partial charge on any atom is 0.163 e. The third-order valence-electron chi connectivity index (χ3n) is 6.17. The predicted molar refractivity (Wildman–Crippen MR) is 115 cm³/mol. The fraction of sp³-hybridized carbons (Fsp3) is 0.182. The molecule has 6 aromatic rings. The van der Waals surface area contributed by atoms with Gasteiger partial charge in [-0.1, -0.05) is 6.07 Å². The molecular weight excluding hydrogens is 397 g/mol. The van der Waals surface area contributed by atoms with Gasteiger partial charge in [0.2, 0.25) is 0 Å². The van der Waals surface area contributed by atoms with Gasteiger partial charge in [0, 0.05) is 41.3 Å². The summed E-state index contributed by atoms with van der Waals surface area (Å²) in [7, 11) is 0. The quantitative estimate of drug-likeness (QED) is 0.346. The number of aromatic amines is 1. The SMILES string of the molecule is Fc1ccc2c3c(N4CCOCC4)cc(-c4nnc[nH]4)c4ncn(c5ccnc1c25)c43. The summed E-state index contributed by atoms with van der Waals surface area (Å²) in [6.07, 6.45) is 5.00. The number of ether oxygens (including phenoxy) is 1. The Morgan fingerprint density at radius 2 is 1.94 bits per heavy atom. The van der Waals surface area contributed by atoms with E-state index in [1.54, 1.807) is 18.9 Å². The van der Waals surface area contributed by atoms with Crippen molar-refractivity contribution in [3.8, 4) is 11.4 Å². The second-order valence-corrected chi connectivity index (χ2v) is 7.72. The summed E-state index contributed by atoms with van der Waals surface area (Å²) in [6.45, 7) is 2.86. The number of nitrogens with zero attached hydrogens (tertiary/aromatic N) is 6. The number of hydrogen-bond donors (Lipinski definition) is 1. The summed E-state index contributed by atoms with van der Waals surface area (Å²) in [5.41, 5.74) is 4.97. The number of fused-ring (bicyclic) bond motifs is 2. The Kier molecular flexibility index (Phi) is 3.31. The Morgan fingerprint density at radius 3 is 2.77 bits per heavy atom. The number of benzene rings is 2. The largest absolute Gasteiger partial charge is 0.378 e. The summed E-state index contributed by atoms with van der Waals surface area (Å²) in [5, 5.41) is 11.0. The van der Waals surface area contributed by atoms with Crippen molar-refractivity contribution in [3.05, 3.63) is 48.9 Å². The summed E-state index contributed by atoms with van der Waals surface area (Å²) in [4.78, 5) is 14.5. The molecule has 1 N–H and O–H groups in total. The lowest BCUT2D eigenvalue weighted by molar-refractivity contribution is 0.123. The molecule has 0 radical (unpaired) electrons. The van der Waals surface area contributed by atoms with E-state index < -0.39 is 0 Å². The van der Waals surface area contributed by atoms with Gasteiger partial charge >= 0.3 is 0 Å². The molecule has 0 spiro atoms. The first-order chi connectivity index (χ1) is 15.3. The molecule has 1 saturated heterocycles. The van der Waals surface area contributed by atoms with Gasteiger partial charge < -0.3 is 14.6 Å². The van der Waals surface area contributed by atoms with E-state index in [0.717, 1.165) is 57.0 Å². The standard InChI is InChI=1S/C22H16FN7O/c23-14-2-1-12-17-15(3-4-24-20(14)17)30-11-26-19-13(22-25-10-27-28-22)9-16(18(12)21(19)30)29-5-7-31-8-6-29/h1-4,9-11H,5-8H2,(H,25,27,28). The number of morpholine rings is 1. The van der Waals surface area contributed by atoms with Crippen molar-refractivity contribution >= 4 is 43.9 Å². The molecule has 0 saturated carbocycles. The Morgan fingerprint density at radius 1 is 1.03 bits per heavy atom. The zero-order valence-electron chi connectivity index (χ0n) is 16.3. The molecule has 0 unspecified atom stereocenters. The van der Waals surface area contributed by atoms with Crippen LogP contribution >= 0.6 is 0 Å². The number of hydrogen-bond acceptors (Lipinski definition) is 6. The minimum atomic E-state index is -0.327. The smallest absolute Gasteiger partial charge is 0.163 e. The van der Waals surface area contributed by atoms with Crippen molar-refractivity contribution in [2.24, 2.45) is 0 Å². The van der Waals surface area contributed by atoms with Crippen LogP contribution in [0.3, 0.4) is 0 Å². The molecule has 0 bridgehead atoms. The maximum atomic E-state index is 14.7. The van der Waals surface area contributed by atoms with Gasteiger partial charge in [0.05, 0.1) is 24.2 Å². The van der Waals surface area contributed by atoms with Crippen molar-refractivity contribution in [2.45, 2.75) is 0 Å². The van der Waals surface area contributed by atoms with Crippen molar-refractivity contribution in [1.82, 2.24) is 29.5 Å². The molecule has 0 atom stereocenters. The number of pyridine rings is 2. The highest BCUT2D eigenvalue weighted by Crippen LogP contribution is 2.43. The maximum absolute atomic E-state index is 14.7. The normalized spacial score (nSPS) is 15.2. The minimum absolute atomic E-state index is 0.327. The Labute approximate surface area is 174 Å². The van der Waals surface area contributed by atoms with Gasteiger partial charge in [-0.05, 0) is 23.6 Å². The molecular formula is C22H16FN7O. The van der Waals surface area contributed by atoms with Crippen LogP contribution in [0, 0.1) is 5.82 Å². The van der Waals surface area contributed by atoms with Crippen molar-refractivity contribution < 1.29 is 9.13 Å². The van der Waals surface area contributed by atoms with Gasteiger partial charge in [-0.2, -0.15) is 0 Å². The predicted octanol–water partition coefficient (Wildman–Crippen LogP) is 3.39. The van der Waals surface area contributed by atoms with Gasteiger partial charge in [0.1, 0.15) is 29.5 Å². The highest BCUT2D eigenvalue weighted by Gasteiger charge is 2.25. The lowest BCUT2D eigenvalue weighted by Gasteiger charge is -2.31. The molecule has 152 valence electrons. The Balaban J connectivity index is 1.73. The summed E-state index contributed by atoms with van der Waals surface area (Å²) in [5.74, 6) is 0.336. The first-order valence-corrected chi connectivity index (χ1v) is 10.1. The molecule has 9 heteroatoms. The van der Waals surface area contributed by atoms with Crippen LogP contribution in [-0.4, -0.2) is 55.9 Å². The van der Waals surface area contributed by atoms with Crippen molar-refractivity contribution in [3.63, 3.8) is 0 Å². The molecule has 1 fully saturated rings. The van der Waals surface area contributed by atoms with E-state index in [4.69, 9.17) is 9.72 Å². The van der Waals surface area contributed by atoms with E-state index in [0.29, 0.717) is 24.6 Å². The molecule has 1 aliphatic rings. The number of imidazole rings is 1. The molecule has 7 rings (SSSR count). The molecule has 0 aliphatic carbocycles. The highest BCUT2D eigenvalue weighted by molar-refractivity contribution is 6.25. The first kappa shape index (κ1) is 16.9. The number of rotatable bonds is 2. The van der Waals surface area contributed by atoms with Crippen LogP contribution in [0.2, 0.25) is 0 Å². The van der Waals surface area contributed by atoms with Crippen LogP contribution in [0.5, 0.6) is 0 Å². The average molecular weight is 413 g/mol. The molecule has 1 aliphatic heterocycles. The summed E-state index contributed by atoms with van der Waals surface area (Å²) in [6, 6.07) is 7.37. The van der Waals surface area contributed by atoms with E-state index in [1.807, 2.05) is 16.5 Å². The fourth-order valence-electron chi connectivity index (χ4n) is 4.83. The monoisotopic (exact) mass is 413 g/mol. The van der Waals surface area contributed by atoms with Gasteiger partial charge in [-0.3, -0.25) is 9.38 Å². The van der Waals surface area contributed by atoms with Crippen LogP contribution in [0.15, 0.2) is 43.1 Å². The lowest BCUT2D eigenvalue weighted by Crippen LogP contribution is -2.36. The van der Waals surface area contributed by atoms with E-state index in [9.17, 15) is 4.39 Å². The number of anilines is 1. The lowest BCUT2D eigenvalue weighted by atomic mass is 9.98. The number of H-pyrrole nitrogens is 1. The van der Waals surface area contributed by atoms with Crippen LogP contribution in [0.25, 0.3) is 49.6 Å². The van der Waals surface area contributed by atoms with Crippen LogP contribution in [0.1, 0.15) is 0 Å². The van der Waals surface area contributed by atoms with E-state index in [2.05, 4.69) is 31.1 Å². The summed E-state index contributed by atoms with van der Waals surface area (Å²) >= 11 is 0. The Hall–Kier alpha value is -3.85. The number of halogens is 1. The molecule has 0 amide bonds. The van der Waals surface area contributed by atoms with Gasteiger partial charge in [0.25, 0.3) is 0 Å². The zero-order valence-corrected chi connectivity index (χ0v) is 16.3. The number of nitrogens with one attached hydrogen (secondary N) is 1. The third kappa shape index (κ3) is 2.21. The van der Waals surface area contributed by atoms with E-state index in [1.165, 1.54) is 6.07 Å². The number of aromatic nitrogens is 6.